The molecule has 3 N–H and O–H groups in total. The number of methoxy groups -OCH3 is 2. The van der Waals surface area contributed by atoms with Gasteiger partial charge in [-0.05, 0) is 62.8 Å². The van der Waals surface area contributed by atoms with Gasteiger partial charge in [0.25, 0.3) is 0 Å². The molecule has 0 aromatic carbocycles. The van der Waals surface area contributed by atoms with Crippen LogP contribution in [0.2, 0.25) is 0 Å². The van der Waals surface area contributed by atoms with Crippen molar-refractivity contribution in [1.82, 2.24) is 0 Å². The van der Waals surface area contributed by atoms with Crippen molar-refractivity contribution in [1.29, 1.82) is 0 Å². The maximum Gasteiger partial charge on any atom is 0.316 e. The zero-order chi connectivity index (χ0) is 44.0. The Morgan fingerprint density at radius 2 is 1.56 bits per heavy atom. The van der Waals surface area contributed by atoms with E-state index in [2.05, 4.69) is 39.8 Å². The highest BCUT2D eigenvalue weighted by Gasteiger charge is 2.60. The number of hydrogen-bond donors (Lipinski definition) is 3. The number of allylic oxidation sites excluding steroid dienone is 2. The third-order valence-corrected chi connectivity index (χ3v) is 14.0. The van der Waals surface area contributed by atoms with E-state index in [0.29, 0.717) is 43.3 Å². The largest absolute Gasteiger partial charge is 0.462 e. The predicted molar refractivity (Wildman–Crippen MR) is 223 cm³/mol. The summed E-state index contributed by atoms with van der Waals surface area (Å²) >= 11 is 0. The van der Waals surface area contributed by atoms with E-state index in [4.69, 9.17) is 47.4 Å². The van der Waals surface area contributed by atoms with E-state index in [1.54, 1.807) is 40.2 Å². The van der Waals surface area contributed by atoms with Gasteiger partial charge in [0.15, 0.2) is 18.4 Å². The van der Waals surface area contributed by atoms with Crippen molar-refractivity contribution < 1.29 is 67.5 Å². The molecule has 19 atom stereocenters. The molecule has 6 heterocycles. The smallest absolute Gasteiger partial charge is 0.316 e. The average Bonchev–Trinajstić information content (AvgIpc) is 3.56. The van der Waals surface area contributed by atoms with Crippen LogP contribution in [0.25, 0.3) is 0 Å². The van der Waals surface area contributed by atoms with Crippen LogP contribution in [-0.4, -0.2) is 139 Å². The lowest BCUT2D eigenvalue weighted by molar-refractivity contribution is -0.318. The fourth-order valence-electron chi connectivity index (χ4n) is 10.4. The van der Waals surface area contributed by atoms with E-state index in [1.807, 2.05) is 32.1 Å². The zero-order valence-corrected chi connectivity index (χ0v) is 37.5. The number of esters is 1. The normalized spacial score (nSPS) is 49.3. The molecule has 0 radical (unpaired) electrons. The highest BCUT2D eigenvalue weighted by Crippen LogP contribution is 2.47. The Bertz CT molecular complexity index is 1710. The Morgan fingerprint density at radius 3 is 2.28 bits per heavy atom. The van der Waals surface area contributed by atoms with Gasteiger partial charge in [0.1, 0.15) is 42.0 Å². The molecular formula is C47H70O14. The fraction of sp³-hybridized carbons (Fsp3) is 0.766. The predicted octanol–water partition coefficient (Wildman–Crippen LogP) is 4.99. The standard InChI is InChI=1S/C47H70O14/c1-24(2)41-27(5)16-17-46(61-41)22-33-19-32(60-46)15-14-26(4)42(25(3)12-11-13-31-23-54-44-39(48)28(6)18-34(45(50)57-33)47(31,44)51)58-38-21-36(53-10)43(30(8)56-38)59-37-20-35(52-9)40(49)29(7)55-37/h11-14,16-18,24-25,27,29-30,32-44,48-49,51H,15,19-23H2,1-10H3/b12-11+,26-14+,31-13+/t25-,27-,29-,30-,32+,33-,34-,35-,36-,37-,38-,39+,40-,41+,42?,43-,44+,46+,47+/m0/s1. The number of carbonyl (C=O) groups is 1. The van der Waals surface area contributed by atoms with Crippen molar-refractivity contribution in [3.63, 3.8) is 0 Å². The Labute approximate surface area is 361 Å². The maximum absolute atomic E-state index is 14.3. The number of hydrogen-bond acceptors (Lipinski definition) is 14. The molecule has 0 amide bonds. The number of rotatable bonds is 7. The molecule has 1 spiro atoms. The lowest BCUT2D eigenvalue weighted by Gasteiger charge is -2.48. The second-order valence-corrected chi connectivity index (χ2v) is 18.8. The van der Waals surface area contributed by atoms with Gasteiger partial charge in [-0.2, -0.15) is 0 Å². The van der Waals surface area contributed by atoms with E-state index in [9.17, 15) is 20.1 Å². The van der Waals surface area contributed by atoms with Crippen LogP contribution in [0.4, 0.5) is 0 Å². The monoisotopic (exact) mass is 858 g/mol. The van der Waals surface area contributed by atoms with Crippen LogP contribution in [0.3, 0.4) is 0 Å². The molecule has 14 heteroatoms. The van der Waals surface area contributed by atoms with Crippen molar-refractivity contribution in [3.8, 4) is 0 Å². The molecule has 1 unspecified atom stereocenters. The van der Waals surface area contributed by atoms with Gasteiger partial charge >= 0.3 is 5.97 Å². The molecular weight excluding hydrogens is 789 g/mol. The molecule has 0 saturated carbocycles. The zero-order valence-electron chi connectivity index (χ0n) is 37.5. The van der Waals surface area contributed by atoms with Crippen molar-refractivity contribution in [2.75, 3.05) is 20.8 Å². The number of aliphatic hydroxyl groups excluding tert-OH is 2. The first-order valence-corrected chi connectivity index (χ1v) is 22.3. The van der Waals surface area contributed by atoms with Crippen LogP contribution in [0.15, 0.2) is 59.3 Å². The van der Waals surface area contributed by atoms with Gasteiger partial charge in [-0.15, -0.1) is 0 Å². The first kappa shape index (κ1) is 46.7. The minimum atomic E-state index is -1.83. The van der Waals surface area contributed by atoms with Crippen molar-refractivity contribution in [3.05, 3.63) is 59.3 Å². The topological polar surface area (TPSA) is 170 Å². The third kappa shape index (κ3) is 9.58. The van der Waals surface area contributed by atoms with Crippen LogP contribution < -0.4 is 0 Å². The lowest BCUT2D eigenvalue weighted by Crippen LogP contribution is -2.58. The van der Waals surface area contributed by atoms with E-state index in [-0.39, 0.29) is 42.7 Å². The minimum absolute atomic E-state index is 0.0313. The summed E-state index contributed by atoms with van der Waals surface area (Å²) in [6.45, 7) is 16.0. The molecule has 0 aromatic rings. The maximum atomic E-state index is 14.3. The van der Waals surface area contributed by atoms with E-state index < -0.39 is 90.8 Å². The van der Waals surface area contributed by atoms with Gasteiger partial charge in [-0.25, -0.2) is 0 Å². The van der Waals surface area contributed by atoms with Gasteiger partial charge in [-0.1, -0.05) is 64.2 Å². The number of carbonyl (C=O) groups excluding carboxylic acids is 1. The van der Waals surface area contributed by atoms with E-state index in [1.165, 1.54) is 0 Å². The summed E-state index contributed by atoms with van der Waals surface area (Å²) in [7, 11) is 3.22. The molecule has 7 rings (SSSR count). The fourth-order valence-corrected chi connectivity index (χ4v) is 10.4. The van der Waals surface area contributed by atoms with Crippen LogP contribution in [0.5, 0.6) is 0 Å². The van der Waals surface area contributed by atoms with Gasteiger partial charge in [0.2, 0.25) is 0 Å². The van der Waals surface area contributed by atoms with E-state index >= 15 is 0 Å². The average molecular weight is 859 g/mol. The highest BCUT2D eigenvalue weighted by molar-refractivity contribution is 5.78. The molecule has 6 aliphatic heterocycles. The van der Waals surface area contributed by atoms with Gasteiger partial charge < -0.3 is 62.7 Å². The molecule has 61 heavy (non-hydrogen) atoms. The minimum Gasteiger partial charge on any atom is -0.462 e. The Balaban J connectivity index is 1.18. The number of ether oxygens (including phenoxy) is 10. The molecule has 2 bridgehead atoms. The quantitative estimate of drug-likeness (QED) is 0.231. The van der Waals surface area contributed by atoms with Crippen molar-refractivity contribution >= 4 is 5.97 Å². The van der Waals surface area contributed by atoms with Crippen molar-refractivity contribution in [2.45, 2.75) is 185 Å². The Kier molecular flexibility index (Phi) is 14.6. The second kappa shape index (κ2) is 19.0. The summed E-state index contributed by atoms with van der Waals surface area (Å²) in [5, 5.41) is 34.2. The molecule has 4 fully saturated rings. The molecule has 1 aliphatic carbocycles. The first-order chi connectivity index (χ1) is 29.0. The van der Waals surface area contributed by atoms with Gasteiger partial charge in [0.05, 0.1) is 49.3 Å². The van der Waals surface area contributed by atoms with Crippen molar-refractivity contribution in [2.24, 2.45) is 23.7 Å². The molecule has 0 aromatic heterocycles. The van der Waals surface area contributed by atoms with Gasteiger partial charge in [-0.3, -0.25) is 4.79 Å². The lowest BCUT2D eigenvalue weighted by atomic mass is 9.71. The number of aliphatic hydroxyl groups is 3. The Hall–Kier alpha value is -2.31. The van der Waals surface area contributed by atoms with E-state index in [0.717, 1.165) is 5.57 Å². The summed E-state index contributed by atoms with van der Waals surface area (Å²) in [4.78, 5) is 14.3. The second-order valence-electron chi connectivity index (χ2n) is 18.8. The Morgan fingerprint density at radius 1 is 0.852 bits per heavy atom. The summed E-state index contributed by atoms with van der Waals surface area (Å²) in [5.41, 5.74) is 0.129. The first-order valence-electron chi connectivity index (χ1n) is 22.3. The van der Waals surface area contributed by atoms with Gasteiger partial charge in [0, 0.05) is 51.7 Å². The summed E-state index contributed by atoms with van der Waals surface area (Å²) in [6.07, 6.45) is 7.54. The summed E-state index contributed by atoms with van der Waals surface area (Å²) in [5.74, 6) is -2.62. The van der Waals surface area contributed by atoms with Crippen LogP contribution in [0.1, 0.15) is 87.5 Å². The third-order valence-electron chi connectivity index (χ3n) is 14.0. The molecule has 14 nitrogen and oxygen atoms in total. The van der Waals surface area contributed by atoms with Crippen LogP contribution in [0, 0.1) is 23.7 Å². The molecule has 7 aliphatic rings. The molecule has 4 saturated heterocycles. The molecule has 342 valence electrons. The van der Waals surface area contributed by atoms with Crippen LogP contribution in [-0.2, 0) is 52.2 Å². The number of fused-ring (bicyclic) bond motifs is 2. The van der Waals surface area contributed by atoms with Crippen LogP contribution >= 0.6 is 0 Å². The summed E-state index contributed by atoms with van der Waals surface area (Å²) in [6, 6.07) is 0. The summed E-state index contributed by atoms with van der Waals surface area (Å²) < 4.78 is 63.5. The SMILES string of the molecule is CO[C@H]1C[C@H](O[C@H]2[C@H](C)O[C@@H](OC3/C(C)=C/C[C@@H]4C[C@@H](C[C@]5(C=C[C@H](C)[C@@H](C(C)C)O5)O4)OC(=O)[C@@H]4C=C(C)[C@@H](O)[C@H]5OC/C(=C\C=C\[C@@H]3C)[C@]54O)C[C@@H]2OC)O[C@@H](C)[C@@H]1O. The highest BCUT2D eigenvalue weighted by atomic mass is 16.7.